The number of aromatic carboxylic acids is 1. The molecule has 2 heterocycles. The van der Waals surface area contributed by atoms with Gasteiger partial charge in [-0.15, -0.1) is 0 Å². The molecule has 0 saturated heterocycles. The van der Waals surface area contributed by atoms with E-state index in [-0.39, 0.29) is 34.9 Å². The van der Waals surface area contributed by atoms with Crippen LogP contribution in [0.2, 0.25) is 5.15 Å². The molecule has 3 aromatic rings. The fourth-order valence-electron chi connectivity index (χ4n) is 4.13. The number of fused-ring (bicyclic) bond motifs is 1. The van der Waals surface area contributed by atoms with Gasteiger partial charge in [0.25, 0.3) is 5.56 Å². The summed E-state index contributed by atoms with van der Waals surface area (Å²) >= 11 is 5.83. The van der Waals surface area contributed by atoms with Crippen LogP contribution in [0, 0.1) is 6.92 Å². The van der Waals surface area contributed by atoms with Gasteiger partial charge in [0.15, 0.2) is 5.69 Å². The molecule has 2 N–H and O–H groups in total. The second-order valence-electron chi connectivity index (χ2n) is 8.25. The van der Waals surface area contributed by atoms with Gasteiger partial charge < -0.3 is 10.4 Å². The normalized spacial score (nSPS) is 16.6. The maximum atomic E-state index is 13.5. The van der Waals surface area contributed by atoms with Crippen molar-refractivity contribution < 1.29 is 18.7 Å². The van der Waals surface area contributed by atoms with Gasteiger partial charge in [-0.05, 0) is 37.6 Å². The predicted molar refractivity (Wildman–Crippen MR) is 117 cm³/mol. The van der Waals surface area contributed by atoms with E-state index in [1.54, 1.807) is 20.0 Å². The van der Waals surface area contributed by atoms with Gasteiger partial charge in [-0.3, -0.25) is 9.36 Å². The van der Waals surface area contributed by atoms with Gasteiger partial charge in [0.2, 0.25) is 5.92 Å². The molecule has 2 aromatic heterocycles. The van der Waals surface area contributed by atoms with Crippen molar-refractivity contribution in [3.63, 3.8) is 0 Å². The number of carboxylic acid groups (broad SMARTS) is 1. The number of anilines is 1. The zero-order valence-electron chi connectivity index (χ0n) is 17.6. The molecule has 0 spiro atoms. The summed E-state index contributed by atoms with van der Waals surface area (Å²) in [6.07, 6.45) is -0.682. The van der Waals surface area contributed by atoms with Crippen LogP contribution >= 0.6 is 11.6 Å². The van der Waals surface area contributed by atoms with Crippen LogP contribution < -0.4 is 10.9 Å². The first-order chi connectivity index (χ1) is 15.0. The number of alkyl halides is 2. The quantitative estimate of drug-likeness (QED) is 0.534. The number of aryl methyl sites for hydroxylation is 1. The molecule has 1 aromatic carbocycles. The molecule has 1 aliphatic rings. The first-order valence-corrected chi connectivity index (χ1v) is 10.4. The van der Waals surface area contributed by atoms with E-state index in [2.05, 4.69) is 15.3 Å². The fraction of sp³-hybridized carbons (Fsp3) is 0.364. The van der Waals surface area contributed by atoms with Crippen LogP contribution in [-0.4, -0.2) is 31.5 Å². The number of benzene rings is 1. The lowest BCUT2D eigenvalue weighted by Crippen LogP contribution is -2.37. The smallest absolute Gasteiger partial charge is 0.356 e. The molecule has 4 rings (SSSR count). The Morgan fingerprint density at radius 2 is 2.00 bits per heavy atom. The lowest BCUT2D eigenvalue weighted by molar-refractivity contribution is -0.0891. The zero-order valence-corrected chi connectivity index (χ0v) is 18.4. The second kappa shape index (κ2) is 7.81. The van der Waals surface area contributed by atoms with Crippen molar-refractivity contribution in [1.82, 2.24) is 14.5 Å². The summed E-state index contributed by atoms with van der Waals surface area (Å²) in [5.41, 5.74) is 1.58. The third-order valence-corrected chi connectivity index (χ3v) is 5.96. The number of nitrogens with one attached hydrogen (secondary N) is 1. The Balaban J connectivity index is 1.81. The van der Waals surface area contributed by atoms with E-state index in [0.717, 1.165) is 5.56 Å². The van der Waals surface area contributed by atoms with Crippen molar-refractivity contribution in [2.24, 2.45) is 7.05 Å². The van der Waals surface area contributed by atoms with Crippen molar-refractivity contribution in [3.8, 4) is 0 Å². The summed E-state index contributed by atoms with van der Waals surface area (Å²) in [7, 11) is 1.54. The third-order valence-electron chi connectivity index (χ3n) is 5.75. The minimum atomic E-state index is -2.74. The Morgan fingerprint density at radius 3 is 2.62 bits per heavy atom. The van der Waals surface area contributed by atoms with E-state index >= 15 is 0 Å². The molecule has 1 aliphatic carbocycles. The molecule has 1 fully saturated rings. The highest BCUT2D eigenvalue weighted by Crippen LogP contribution is 2.47. The van der Waals surface area contributed by atoms with Crippen LogP contribution in [0.1, 0.15) is 59.2 Å². The van der Waals surface area contributed by atoms with Gasteiger partial charge in [-0.1, -0.05) is 17.7 Å². The molecule has 168 valence electrons. The largest absolute Gasteiger partial charge is 0.476 e. The number of hydrogen-bond acceptors (Lipinski definition) is 5. The van der Waals surface area contributed by atoms with Gasteiger partial charge in [-0.2, -0.15) is 0 Å². The summed E-state index contributed by atoms with van der Waals surface area (Å²) in [5, 5.41) is 13.0. The summed E-state index contributed by atoms with van der Waals surface area (Å²) in [6, 6.07) is 6.08. The van der Waals surface area contributed by atoms with E-state index in [1.165, 1.54) is 16.7 Å². The lowest BCUT2D eigenvalue weighted by Gasteiger charge is -2.35. The van der Waals surface area contributed by atoms with Crippen molar-refractivity contribution in [1.29, 1.82) is 0 Å². The van der Waals surface area contributed by atoms with Gasteiger partial charge in [0.1, 0.15) is 11.0 Å². The van der Waals surface area contributed by atoms with Gasteiger partial charge in [-0.25, -0.2) is 23.5 Å². The molecule has 1 atom stereocenters. The molecule has 7 nitrogen and oxygen atoms in total. The number of aromatic nitrogens is 3. The predicted octanol–water partition coefficient (Wildman–Crippen LogP) is 4.67. The van der Waals surface area contributed by atoms with Crippen LogP contribution in [0.15, 0.2) is 29.1 Å². The van der Waals surface area contributed by atoms with Crippen LogP contribution in [0.25, 0.3) is 10.9 Å². The lowest BCUT2D eigenvalue weighted by atomic mass is 9.80. The number of rotatable bonds is 5. The minimum Gasteiger partial charge on any atom is -0.476 e. The van der Waals surface area contributed by atoms with Crippen molar-refractivity contribution >= 4 is 34.2 Å². The van der Waals surface area contributed by atoms with Crippen molar-refractivity contribution in [2.75, 3.05) is 5.32 Å². The number of carbonyl (C=O) groups is 1. The molecule has 10 heteroatoms. The van der Waals surface area contributed by atoms with E-state index in [9.17, 15) is 23.5 Å². The van der Waals surface area contributed by atoms with E-state index in [1.807, 2.05) is 13.0 Å². The maximum absolute atomic E-state index is 13.5. The average Bonchev–Trinajstić information content (AvgIpc) is 2.69. The zero-order chi connectivity index (χ0) is 23.4. The maximum Gasteiger partial charge on any atom is 0.356 e. The molecular formula is C22H21ClF2N4O3. The first-order valence-electron chi connectivity index (χ1n) is 10.0. The topological polar surface area (TPSA) is 97.1 Å². The highest BCUT2D eigenvalue weighted by Gasteiger charge is 2.47. The summed E-state index contributed by atoms with van der Waals surface area (Å²) in [4.78, 5) is 33.1. The van der Waals surface area contributed by atoms with Crippen LogP contribution in [0.5, 0.6) is 0 Å². The number of nitrogens with zero attached hydrogens (tertiary/aromatic N) is 3. The number of halogens is 3. The highest BCUT2D eigenvalue weighted by molar-refractivity contribution is 6.29. The molecule has 0 radical (unpaired) electrons. The highest BCUT2D eigenvalue weighted by atomic mass is 35.5. The molecule has 1 saturated carbocycles. The molecule has 32 heavy (non-hydrogen) atoms. The minimum absolute atomic E-state index is 0.0497. The first kappa shape index (κ1) is 22.1. The number of carboxylic acids is 1. The average molecular weight is 463 g/mol. The molecule has 0 amide bonds. The summed E-state index contributed by atoms with van der Waals surface area (Å²) in [6.45, 7) is 3.63. The standard InChI is InChI=1S/C22H21ClF2N4O3/c1-10-6-13(11(2)26-15-4-5-16(23)27-18(15)21(31)32)17-14(7-10)20(30)29(3)19(28-17)12-8-22(24,25)9-12/h4-7,11-12,26H,8-9H2,1-3H3,(H,31,32)/t11-/m1/s1. The second-order valence-corrected chi connectivity index (χ2v) is 8.63. The number of hydrogen-bond donors (Lipinski definition) is 2. The van der Waals surface area contributed by atoms with Crippen LogP contribution in [0.4, 0.5) is 14.5 Å². The van der Waals surface area contributed by atoms with E-state index in [4.69, 9.17) is 11.6 Å². The Bertz CT molecular complexity index is 1300. The molecule has 0 aliphatic heterocycles. The van der Waals surface area contributed by atoms with Crippen LogP contribution in [0.3, 0.4) is 0 Å². The van der Waals surface area contributed by atoms with Crippen molar-refractivity contribution in [2.45, 2.75) is 44.6 Å². The SMILES string of the molecule is Cc1cc([C@@H](C)Nc2ccc(Cl)nc2C(=O)O)c2nc(C3CC(F)(F)C3)n(C)c(=O)c2c1. The molecule has 0 bridgehead atoms. The van der Waals surface area contributed by atoms with Crippen molar-refractivity contribution in [3.05, 3.63) is 62.4 Å². The van der Waals surface area contributed by atoms with Crippen LogP contribution in [-0.2, 0) is 7.05 Å². The van der Waals surface area contributed by atoms with Gasteiger partial charge in [0, 0.05) is 31.4 Å². The Hall–Kier alpha value is -3.07. The Morgan fingerprint density at radius 1 is 1.31 bits per heavy atom. The van der Waals surface area contributed by atoms with E-state index < -0.39 is 23.9 Å². The monoisotopic (exact) mass is 462 g/mol. The Kier molecular flexibility index (Phi) is 5.40. The summed E-state index contributed by atoms with van der Waals surface area (Å²) < 4.78 is 28.3. The van der Waals surface area contributed by atoms with Gasteiger partial charge in [0.05, 0.1) is 22.6 Å². The number of pyridine rings is 1. The molecular weight excluding hydrogens is 442 g/mol. The van der Waals surface area contributed by atoms with Gasteiger partial charge >= 0.3 is 5.97 Å². The Labute approximate surface area is 187 Å². The third kappa shape index (κ3) is 3.92. The fourth-order valence-corrected chi connectivity index (χ4v) is 4.28. The van der Waals surface area contributed by atoms with E-state index in [0.29, 0.717) is 22.3 Å². The molecule has 0 unspecified atom stereocenters. The summed E-state index contributed by atoms with van der Waals surface area (Å²) in [5.74, 6) is -4.15.